The molecule has 82 valence electrons. The summed E-state index contributed by atoms with van der Waals surface area (Å²) in [6, 6.07) is 7.51. The highest BCUT2D eigenvalue weighted by atomic mass is 19.1. The zero-order valence-electron chi connectivity index (χ0n) is 8.39. The summed E-state index contributed by atoms with van der Waals surface area (Å²) >= 11 is 0. The maximum Gasteiger partial charge on any atom is 0.414 e. The van der Waals surface area contributed by atoms with Gasteiger partial charge in [0.25, 0.3) is 0 Å². The van der Waals surface area contributed by atoms with Crippen LogP contribution in [0.25, 0.3) is 0 Å². The van der Waals surface area contributed by atoms with Crippen LogP contribution in [-0.4, -0.2) is 18.7 Å². The van der Waals surface area contributed by atoms with E-state index in [0.717, 1.165) is 0 Å². The molecule has 0 saturated carbocycles. The van der Waals surface area contributed by atoms with Crippen LogP contribution in [0, 0.1) is 17.1 Å². The normalized spacial score (nSPS) is 19.4. The Morgan fingerprint density at radius 2 is 2.19 bits per heavy atom. The third-order valence-corrected chi connectivity index (χ3v) is 2.33. The Morgan fingerprint density at radius 1 is 1.50 bits per heavy atom. The molecule has 1 heterocycles. The molecule has 1 aromatic rings. The van der Waals surface area contributed by atoms with Gasteiger partial charge in [0.15, 0.2) is 0 Å². The minimum absolute atomic E-state index is 0.170. The van der Waals surface area contributed by atoms with Crippen LogP contribution in [0.3, 0.4) is 0 Å². The maximum absolute atomic E-state index is 12.7. The van der Waals surface area contributed by atoms with Crippen molar-refractivity contribution in [1.82, 2.24) is 0 Å². The van der Waals surface area contributed by atoms with Gasteiger partial charge in [-0.25, -0.2) is 9.18 Å². The molecule has 1 fully saturated rings. The second-order valence-electron chi connectivity index (χ2n) is 3.46. The Balaban J connectivity index is 2.14. The van der Waals surface area contributed by atoms with E-state index in [4.69, 9.17) is 10.00 Å². The van der Waals surface area contributed by atoms with Gasteiger partial charge >= 0.3 is 6.09 Å². The largest absolute Gasteiger partial charge is 0.443 e. The van der Waals surface area contributed by atoms with E-state index < -0.39 is 12.2 Å². The highest BCUT2D eigenvalue weighted by Gasteiger charge is 2.31. The third kappa shape index (κ3) is 1.96. The zero-order chi connectivity index (χ0) is 11.5. The summed E-state index contributed by atoms with van der Waals surface area (Å²) in [6.45, 7) is 0.331. The maximum atomic E-state index is 12.7. The summed E-state index contributed by atoms with van der Waals surface area (Å²) in [5, 5.41) is 8.50. The molecule has 0 radical (unpaired) electrons. The monoisotopic (exact) mass is 220 g/mol. The molecular formula is C11H9FN2O2. The number of benzene rings is 1. The lowest BCUT2D eigenvalue weighted by Gasteiger charge is -2.12. The first kappa shape index (κ1) is 10.4. The molecule has 1 amide bonds. The molecule has 5 heteroatoms. The van der Waals surface area contributed by atoms with Crippen molar-refractivity contribution in [2.45, 2.75) is 12.5 Å². The second-order valence-corrected chi connectivity index (χ2v) is 3.46. The fourth-order valence-corrected chi connectivity index (χ4v) is 1.56. The van der Waals surface area contributed by atoms with Crippen molar-refractivity contribution in [3.8, 4) is 6.07 Å². The molecule has 0 aromatic heterocycles. The molecule has 1 aliphatic heterocycles. The van der Waals surface area contributed by atoms with Crippen molar-refractivity contribution in [2.24, 2.45) is 0 Å². The summed E-state index contributed by atoms with van der Waals surface area (Å²) in [5.41, 5.74) is 0.576. The summed E-state index contributed by atoms with van der Waals surface area (Å²) < 4.78 is 17.7. The highest BCUT2D eigenvalue weighted by molar-refractivity contribution is 5.89. The lowest BCUT2D eigenvalue weighted by molar-refractivity contribution is 0.143. The number of amides is 1. The number of rotatable bonds is 2. The number of carbonyl (C=O) groups is 1. The van der Waals surface area contributed by atoms with Crippen LogP contribution in [0.5, 0.6) is 0 Å². The van der Waals surface area contributed by atoms with E-state index in [1.807, 2.05) is 6.07 Å². The van der Waals surface area contributed by atoms with Gasteiger partial charge in [-0.3, -0.25) is 4.90 Å². The summed E-state index contributed by atoms with van der Waals surface area (Å²) in [4.78, 5) is 12.8. The van der Waals surface area contributed by atoms with E-state index in [2.05, 4.69) is 0 Å². The van der Waals surface area contributed by atoms with Gasteiger partial charge in [-0.05, 0) is 24.3 Å². The topological polar surface area (TPSA) is 53.3 Å². The van der Waals surface area contributed by atoms with Gasteiger partial charge in [0.1, 0.15) is 11.9 Å². The Morgan fingerprint density at radius 3 is 2.81 bits per heavy atom. The Kier molecular flexibility index (Phi) is 2.73. The molecule has 4 nitrogen and oxygen atoms in total. The van der Waals surface area contributed by atoms with Gasteiger partial charge in [-0.15, -0.1) is 0 Å². The number of hydrogen-bond acceptors (Lipinski definition) is 3. The number of nitriles is 1. The van der Waals surface area contributed by atoms with Crippen LogP contribution in [0.4, 0.5) is 14.9 Å². The van der Waals surface area contributed by atoms with Crippen LogP contribution >= 0.6 is 0 Å². The number of cyclic esters (lactones) is 1. The third-order valence-electron chi connectivity index (χ3n) is 2.33. The fourth-order valence-electron chi connectivity index (χ4n) is 1.56. The molecule has 1 saturated heterocycles. The Hall–Kier alpha value is -2.09. The van der Waals surface area contributed by atoms with Gasteiger partial charge in [-0.2, -0.15) is 5.26 Å². The van der Waals surface area contributed by atoms with E-state index in [1.165, 1.54) is 29.2 Å². The van der Waals surface area contributed by atoms with E-state index in [0.29, 0.717) is 12.2 Å². The molecule has 1 unspecified atom stereocenters. The highest BCUT2D eigenvalue weighted by Crippen LogP contribution is 2.22. The number of ether oxygens (including phenoxy) is 1. The van der Waals surface area contributed by atoms with Gasteiger partial charge in [0.05, 0.1) is 19.0 Å². The van der Waals surface area contributed by atoms with Crippen molar-refractivity contribution in [3.63, 3.8) is 0 Å². The molecular weight excluding hydrogens is 211 g/mol. The number of nitrogens with zero attached hydrogens (tertiary/aromatic N) is 2. The van der Waals surface area contributed by atoms with E-state index in [1.54, 1.807) is 0 Å². The molecule has 1 aromatic carbocycles. The zero-order valence-corrected chi connectivity index (χ0v) is 8.39. The van der Waals surface area contributed by atoms with Gasteiger partial charge in [-0.1, -0.05) is 0 Å². The summed E-state index contributed by atoms with van der Waals surface area (Å²) in [6.07, 6.45) is -0.724. The van der Waals surface area contributed by atoms with Crippen molar-refractivity contribution >= 4 is 11.8 Å². The second kappa shape index (κ2) is 4.19. The molecule has 1 aliphatic rings. The minimum Gasteiger partial charge on any atom is -0.443 e. The minimum atomic E-state index is -0.494. The van der Waals surface area contributed by atoms with Crippen LogP contribution in [0.1, 0.15) is 6.42 Å². The van der Waals surface area contributed by atoms with Crippen molar-refractivity contribution in [2.75, 3.05) is 11.4 Å². The average molecular weight is 220 g/mol. The van der Waals surface area contributed by atoms with Crippen molar-refractivity contribution in [3.05, 3.63) is 30.1 Å². The SMILES string of the molecule is N#CCC1CN(c2ccc(F)cc2)C(=O)O1. The first-order valence-corrected chi connectivity index (χ1v) is 4.81. The van der Waals surface area contributed by atoms with Crippen LogP contribution < -0.4 is 4.90 Å². The summed E-state index contributed by atoms with van der Waals surface area (Å²) in [7, 11) is 0. The summed E-state index contributed by atoms with van der Waals surface area (Å²) in [5.74, 6) is -0.357. The molecule has 0 bridgehead atoms. The average Bonchev–Trinajstić information content (AvgIpc) is 2.61. The Bertz CT molecular complexity index is 438. The van der Waals surface area contributed by atoms with Gasteiger partial charge in [0.2, 0.25) is 0 Å². The van der Waals surface area contributed by atoms with E-state index >= 15 is 0 Å². The molecule has 0 aliphatic carbocycles. The van der Waals surface area contributed by atoms with Crippen molar-refractivity contribution in [1.29, 1.82) is 5.26 Å². The smallest absolute Gasteiger partial charge is 0.414 e. The molecule has 0 N–H and O–H groups in total. The number of anilines is 1. The molecule has 2 rings (SSSR count). The first-order valence-electron chi connectivity index (χ1n) is 4.81. The number of halogens is 1. The van der Waals surface area contributed by atoms with Crippen molar-refractivity contribution < 1.29 is 13.9 Å². The first-order chi connectivity index (χ1) is 7.70. The Labute approximate surface area is 91.8 Å². The fraction of sp³-hybridized carbons (Fsp3) is 0.273. The van der Waals surface area contributed by atoms with E-state index in [9.17, 15) is 9.18 Å². The predicted octanol–water partition coefficient (Wildman–Crippen LogP) is 2.06. The quantitative estimate of drug-likeness (QED) is 0.766. The number of hydrogen-bond donors (Lipinski definition) is 0. The molecule has 16 heavy (non-hydrogen) atoms. The molecule has 1 atom stereocenters. The lowest BCUT2D eigenvalue weighted by atomic mass is 10.2. The van der Waals surface area contributed by atoms with E-state index in [-0.39, 0.29) is 12.2 Å². The number of carbonyl (C=O) groups excluding carboxylic acids is 1. The van der Waals surface area contributed by atoms with Crippen LogP contribution in [0.2, 0.25) is 0 Å². The lowest BCUT2D eigenvalue weighted by Crippen LogP contribution is -2.24. The van der Waals surface area contributed by atoms with Gasteiger partial charge in [0, 0.05) is 5.69 Å². The predicted molar refractivity (Wildman–Crippen MR) is 54.2 cm³/mol. The van der Waals surface area contributed by atoms with Crippen LogP contribution in [0.15, 0.2) is 24.3 Å². The van der Waals surface area contributed by atoms with Gasteiger partial charge < -0.3 is 4.74 Å². The molecule has 0 spiro atoms. The van der Waals surface area contributed by atoms with Crippen LogP contribution in [-0.2, 0) is 4.74 Å². The standard InChI is InChI=1S/C11H9FN2O2/c12-8-1-3-9(4-2-8)14-7-10(5-6-13)16-11(14)15/h1-4,10H,5,7H2.